The normalized spacial score (nSPS) is 14.9. The van der Waals surface area contributed by atoms with E-state index < -0.39 is 9.84 Å². The highest BCUT2D eigenvalue weighted by molar-refractivity contribution is 7.90. The van der Waals surface area contributed by atoms with Gasteiger partial charge >= 0.3 is 0 Å². The third kappa shape index (κ3) is 4.45. The highest BCUT2D eigenvalue weighted by atomic mass is 32.2. The molecule has 0 unspecified atom stereocenters. The fourth-order valence-corrected chi connectivity index (χ4v) is 5.77. The molecule has 1 aliphatic rings. The lowest BCUT2D eigenvalue weighted by Gasteiger charge is -2.23. The molecule has 0 amide bonds. The fourth-order valence-electron chi connectivity index (χ4n) is 5.14. The van der Waals surface area contributed by atoms with E-state index in [1.165, 1.54) is 6.26 Å². The fraction of sp³-hybridized carbons (Fsp3) is 0.250. The van der Waals surface area contributed by atoms with E-state index in [2.05, 4.69) is 39.4 Å². The van der Waals surface area contributed by atoms with Crippen molar-refractivity contribution in [2.75, 3.05) is 24.7 Å². The van der Waals surface area contributed by atoms with Gasteiger partial charge in [-0.25, -0.2) is 13.4 Å². The van der Waals surface area contributed by atoms with Crippen LogP contribution in [0.4, 0.5) is 11.5 Å². The predicted molar refractivity (Wildman–Crippen MR) is 147 cm³/mol. The Labute approximate surface area is 215 Å². The highest BCUT2D eigenvalue weighted by Gasteiger charge is 2.20. The summed E-state index contributed by atoms with van der Waals surface area (Å²) in [6.45, 7) is 4.18. The SMILES string of the molecule is Cc1c(-c2nccc3cnc(Nc4ccc(S(C)(=O)=O)cc4)cc23)ccc2c1cnn2C1CCNCC1. The molecule has 1 fully saturated rings. The maximum Gasteiger partial charge on any atom is 0.175 e. The number of hydrogen-bond donors (Lipinski definition) is 2. The van der Waals surface area contributed by atoms with Gasteiger partial charge in [0.2, 0.25) is 0 Å². The Morgan fingerprint density at radius 2 is 1.76 bits per heavy atom. The Hall–Kier alpha value is -3.82. The second kappa shape index (κ2) is 9.24. The minimum atomic E-state index is -3.24. The maximum atomic E-state index is 11.8. The quantitative estimate of drug-likeness (QED) is 0.341. The Morgan fingerprint density at radius 1 is 0.973 bits per heavy atom. The van der Waals surface area contributed by atoms with Crippen LogP contribution in [0.3, 0.4) is 0 Å². The van der Waals surface area contributed by atoms with E-state index in [1.807, 2.05) is 30.7 Å². The summed E-state index contributed by atoms with van der Waals surface area (Å²) in [5, 5.41) is 14.6. The zero-order valence-electron chi connectivity index (χ0n) is 20.8. The Kier molecular flexibility index (Phi) is 5.89. The summed E-state index contributed by atoms with van der Waals surface area (Å²) >= 11 is 0. The second-order valence-electron chi connectivity index (χ2n) is 9.61. The number of nitrogens with one attached hydrogen (secondary N) is 2. The lowest BCUT2D eigenvalue weighted by atomic mass is 9.98. The first kappa shape index (κ1) is 23.6. The van der Waals surface area contributed by atoms with Crippen LogP contribution in [0.2, 0.25) is 0 Å². The topological polar surface area (TPSA) is 102 Å². The summed E-state index contributed by atoms with van der Waals surface area (Å²) in [7, 11) is -3.24. The van der Waals surface area contributed by atoms with Crippen molar-refractivity contribution < 1.29 is 8.42 Å². The molecule has 0 radical (unpaired) electrons. The number of benzene rings is 2. The average Bonchev–Trinajstić information content (AvgIpc) is 3.34. The van der Waals surface area contributed by atoms with Gasteiger partial charge in [-0.05, 0) is 80.9 Å². The van der Waals surface area contributed by atoms with Crippen molar-refractivity contribution in [3.05, 3.63) is 72.7 Å². The van der Waals surface area contributed by atoms with E-state index in [0.717, 1.165) is 70.1 Å². The molecule has 4 heterocycles. The molecule has 2 aromatic carbocycles. The van der Waals surface area contributed by atoms with Crippen molar-refractivity contribution in [3.8, 4) is 11.3 Å². The van der Waals surface area contributed by atoms with Crippen LogP contribution in [0.25, 0.3) is 32.9 Å². The van der Waals surface area contributed by atoms with E-state index >= 15 is 0 Å². The van der Waals surface area contributed by atoms with Crippen molar-refractivity contribution in [2.24, 2.45) is 0 Å². The summed E-state index contributed by atoms with van der Waals surface area (Å²) < 4.78 is 25.7. The molecule has 9 heteroatoms. The van der Waals surface area contributed by atoms with Gasteiger partial charge in [0.15, 0.2) is 9.84 Å². The largest absolute Gasteiger partial charge is 0.340 e. The zero-order valence-corrected chi connectivity index (χ0v) is 21.6. The summed E-state index contributed by atoms with van der Waals surface area (Å²) in [4.78, 5) is 9.61. The smallest absolute Gasteiger partial charge is 0.175 e. The molecular weight excluding hydrogens is 484 g/mol. The summed E-state index contributed by atoms with van der Waals surface area (Å²) in [6.07, 6.45) is 9.00. The van der Waals surface area contributed by atoms with Crippen LogP contribution in [-0.2, 0) is 9.84 Å². The molecule has 5 aromatic rings. The number of fused-ring (bicyclic) bond motifs is 2. The number of hydrogen-bond acceptors (Lipinski definition) is 7. The molecule has 188 valence electrons. The van der Waals surface area contributed by atoms with Gasteiger partial charge in [-0.3, -0.25) is 9.67 Å². The predicted octanol–water partition coefficient (Wildman–Crippen LogP) is 5.03. The van der Waals surface area contributed by atoms with E-state index in [9.17, 15) is 8.42 Å². The van der Waals surface area contributed by atoms with Crippen LogP contribution >= 0.6 is 0 Å². The van der Waals surface area contributed by atoms with Gasteiger partial charge in [-0.2, -0.15) is 5.10 Å². The molecule has 1 saturated heterocycles. The number of rotatable bonds is 5. The first-order valence-corrected chi connectivity index (χ1v) is 14.3. The number of anilines is 2. The summed E-state index contributed by atoms with van der Waals surface area (Å²) in [6, 6.07) is 15.3. The lowest BCUT2D eigenvalue weighted by molar-refractivity contribution is 0.351. The summed E-state index contributed by atoms with van der Waals surface area (Å²) in [5.41, 5.74) is 5.03. The molecule has 8 nitrogen and oxygen atoms in total. The van der Waals surface area contributed by atoms with Crippen LogP contribution < -0.4 is 10.6 Å². The van der Waals surface area contributed by atoms with Crippen LogP contribution in [0, 0.1) is 6.92 Å². The van der Waals surface area contributed by atoms with Crippen molar-refractivity contribution in [2.45, 2.75) is 30.7 Å². The molecule has 0 spiro atoms. The lowest BCUT2D eigenvalue weighted by Crippen LogP contribution is -2.29. The van der Waals surface area contributed by atoms with Crippen LogP contribution in [-0.4, -0.2) is 47.5 Å². The number of pyridine rings is 2. The van der Waals surface area contributed by atoms with E-state index in [1.54, 1.807) is 24.3 Å². The van der Waals surface area contributed by atoms with Crippen molar-refractivity contribution in [1.29, 1.82) is 0 Å². The molecular formula is C28H28N6O2S. The van der Waals surface area contributed by atoms with Gasteiger partial charge in [-0.1, -0.05) is 6.07 Å². The zero-order chi connectivity index (χ0) is 25.6. The third-order valence-corrected chi connectivity index (χ3v) is 8.29. The number of nitrogens with zero attached hydrogens (tertiary/aromatic N) is 4. The van der Waals surface area contributed by atoms with E-state index in [-0.39, 0.29) is 4.90 Å². The molecule has 0 bridgehead atoms. The summed E-state index contributed by atoms with van der Waals surface area (Å²) in [5.74, 6) is 0.659. The Balaban J connectivity index is 1.38. The molecule has 0 aliphatic carbocycles. The van der Waals surface area contributed by atoms with Gasteiger partial charge in [0.25, 0.3) is 0 Å². The molecule has 3 aromatic heterocycles. The number of aromatic nitrogens is 4. The van der Waals surface area contributed by atoms with Crippen LogP contribution in [0.1, 0.15) is 24.4 Å². The molecule has 0 atom stereocenters. The Morgan fingerprint density at radius 3 is 2.51 bits per heavy atom. The highest BCUT2D eigenvalue weighted by Crippen LogP contribution is 2.35. The standard InChI is InChI=1S/C28H28N6O2S/c1-18-23(7-8-26-25(18)17-32-34(26)21-10-12-29-13-11-21)28-24-15-27(31-16-19(24)9-14-30-28)33-20-3-5-22(6-4-20)37(2,35)36/h3-9,14-17,21,29H,10-13H2,1-2H3,(H,31,33). The average molecular weight is 513 g/mol. The Bertz CT molecular complexity index is 1720. The van der Waals surface area contributed by atoms with Gasteiger partial charge in [0.05, 0.1) is 28.3 Å². The number of piperidine rings is 1. The number of sulfone groups is 1. The number of aryl methyl sites for hydroxylation is 1. The van der Waals surface area contributed by atoms with Crippen LogP contribution in [0.5, 0.6) is 0 Å². The van der Waals surface area contributed by atoms with E-state index in [4.69, 9.17) is 10.1 Å². The molecule has 0 saturated carbocycles. The molecule has 37 heavy (non-hydrogen) atoms. The van der Waals surface area contributed by atoms with E-state index in [0.29, 0.717) is 11.9 Å². The third-order valence-electron chi connectivity index (χ3n) is 7.16. The first-order chi connectivity index (χ1) is 17.9. The van der Waals surface area contributed by atoms with Gasteiger partial charge in [0, 0.05) is 46.1 Å². The molecule has 2 N–H and O–H groups in total. The van der Waals surface area contributed by atoms with Gasteiger partial charge in [0.1, 0.15) is 5.82 Å². The second-order valence-corrected chi connectivity index (χ2v) is 11.6. The van der Waals surface area contributed by atoms with Crippen molar-refractivity contribution in [1.82, 2.24) is 25.1 Å². The monoisotopic (exact) mass is 512 g/mol. The van der Waals surface area contributed by atoms with Crippen LogP contribution in [0.15, 0.2) is 72.0 Å². The van der Waals surface area contributed by atoms with Crippen molar-refractivity contribution >= 4 is 43.0 Å². The maximum absolute atomic E-state index is 11.8. The molecule has 1 aliphatic heterocycles. The minimum Gasteiger partial charge on any atom is -0.340 e. The van der Waals surface area contributed by atoms with Crippen molar-refractivity contribution in [3.63, 3.8) is 0 Å². The van der Waals surface area contributed by atoms with Gasteiger partial charge in [-0.15, -0.1) is 0 Å². The minimum absolute atomic E-state index is 0.283. The van der Waals surface area contributed by atoms with Gasteiger partial charge < -0.3 is 10.6 Å². The first-order valence-electron chi connectivity index (χ1n) is 12.4. The molecule has 6 rings (SSSR count).